The monoisotopic (exact) mass is 424 g/mol. The standard InChI is InChI=1S/C21H20N4O4S/c1-4-12-29-18-11-10-16(13-19(18)28-3)20(14-24(26)27)30-21-23-22-15(2)25(21)17-8-6-5-7-9-17/h1,5-11,13,20H,12,14H2,2-3H3/t20-/m1/s1. The van der Waals surface area contributed by atoms with Crippen LogP contribution in [0, 0.1) is 29.4 Å². The van der Waals surface area contributed by atoms with Gasteiger partial charge in [0.2, 0.25) is 6.54 Å². The third kappa shape index (κ3) is 4.90. The number of terminal acetylenes is 1. The maximum absolute atomic E-state index is 11.4. The van der Waals surface area contributed by atoms with Crippen LogP contribution < -0.4 is 9.47 Å². The van der Waals surface area contributed by atoms with Crippen molar-refractivity contribution in [2.45, 2.75) is 17.3 Å². The molecular weight excluding hydrogens is 404 g/mol. The predicted molar refractivity (Wildman–Crippen MR) is 114 cm³/mol. The molecular formula is C21H20N4O4S. The molecule has 0 saturated carbocycles. The number of ether oxygens (including phenoxy) is 2. The molecule has 1 heterocycles. The van der Waals surface area contributed by atoms with E-state index in [0.717, 1.165) is 5.69 Å². The van der Waals surface area contributed by atoms with Crippen LogP contribution in [0.1, 0.15) is 16.6 Å². The predicted octanol–water partition coefficient (Wildman–Crippen LogP) is 3.71. The Bertz CT molecular complexity index is 1060. The zero-order chi connectivity index (χ0) is 21.5. The minimum Gasteiger partial charge on any atom is -0.493 e. The second-order valence-corrected chi connectivity index (χ2v) is 7.40. The van der Waals surface area contributed by atoms with Crippen LogP contribution >= 0.6 is 11.8 Å². The molecule has 0 N–H and O–H groups in total. The Hall–Kier alpha value is -3.51. The molecule has 9 heteroatoms. The highest BCUT2D eigenvalue weighted by Gasteiger charge is 2.25. The van der Waals surface area contributed by atoms with E-state index in [0.29, 0.717) is 28.0 Å². The quantitative estimate of drug-likeness (QED) is 0.224. The van der Waals surface area contributed by atoms with Gasteiger partial charge in [0.15, 0.2) is 16.7 Å². The number of hydrogen-bond donors (Lipinski definition) is 0. The smallest absolute Gasteiger partial charge is 0.220 e. The van der Waals surface area contributed by atoms with Crippen LogP contribution in [0.25, 0.3) is 5.69 Å². The van der Waals surface area contributed by atoms with Gasteiger partial charge in [-0.2, -0.15) is 0 Å². The van der Waals surface area contributed by atoms with Crippen molar-refractivity contribution in [3.05, 3.63) is 70.0 Å². The molecule has 0 unspecified atom stereocenters. The molecule has 0 radical (unpaired) electrons. The van der Waals surface area contributed by atoms with Crippen molar-refractivity contribution in [1.29, 1.82) is 0 Å². The van der Waals surface area contributed by atoms with Crippen molar-refractivity contribution in [2.75, 3.05) is 20.3 Å². The first-order chi connectivity index (χ1) is 14.5. The average molecular weight is 424 g/mol. The maximum atomic E-state index is 11.4. The summed E-state index contributed by atoms with van der Waals surface area (Å²) in [5.74, 6) is 4.03. The highest BCUT2D eigenvalue weighted by molar-refractivity contribution is 7.99. The van der Waals surface area contributed by atoms with E-state index < -0.39 is 5.25 Å². The highest BCUT2D eigenvalue weighted by atomic mass is 32.2. The number of hydrogen-bond acceptors (Lipinski definition) is 7. The number of aromatic nitrogens is 3. The summed E-state index contributed by atoms with van der Waals surface area (Å²) in [4.78, 5) is 11.0. The molecule has 3 rings (SSSR count). The second kappa shape index (κ2) is 9.80. The lowest BCUT2D eigenvalue weighted by Crippen LogP contribution is -2.11. The number of para-hydroxylation sites is 1. The van der Waals surface area contributed by atoms with Crippen LogP contribution in [-0.4, -0.2) is 39.9 Å². The van der Waals surface area contributed by atoms with E-state index in [1.807, 2.05) is 41.8 Å². The molecule has 30 heavy (non-hydrogen) atoms. The van der Waals surface area contributed by atoms with E-state index in [2.05, 4.69) is 16.1 Å². The molecule has 0 bridgehead atoms. The molecule has 154 valence electrons. The normalized spacial score (nSPS) is 11.5. The third-order valence-corrected chi connectivity index (χ3v) is 5.42. The van der Waals surface area contributed by atoms with E-state index >= 15 is 0 Å². The fourth-order valence-corrected chi connectivity index (χ4v) is 4.05. The minimum atomic E-state index is -0.512. The fourth-order valence-electron chi connectivity index (χ4n) is 2.89. The molecule has 0 amide bonds. The van der Waals surface area contributed by atoms with Gasteiger partial charge in [0.25, 0.3) is 0 Å². The molecule has 0 fully saturated rings. The molecule has 8 nitrogen and oxygen atoms in total. The Labute approximate surface area is 178 Å². The summed E-state index contributed by atoms with van der Waals surface area (Å²) in [6.07, 6.45) is 5.24. The van der Waals surface area contributed by atoms with Gasteiger partial charge in [-0.1, -0.05) is 41.9 Å². The topological polar surface area (TPSA) is 92.3 Å². The Balaban J connectivity index is 1.96. The minimum absolute atomic E-state index is 0.0994. The molecule has 0 saturated heterocycles. The zero-order valence-electron chi connectivity index (χ0n) is 16.5. The van der Waals surface area contributed by atoms with Crippen LogP contribution in [-0.2, 0) is 0 Å². The van der Waals surface area contributed by atoms with Crippen LogP contribution in [0.3, 0.4) is 0 Å². The lowest BCUT2D eigenvalue weighted by molar-refractivity contribution is -0.479. The van der Waals surface area contributed by atoms with Crippen molar-refractivity contribution in [1.82, 2.24) is 14.8 Å². The van der Waals surface area contributed by atoms with Gasteiger partial charge in [0, 0.05) is 10.6 Å². The van der Waals surface area contributed by atoms with E-state index in [4.69, 9.17) is 15.9 Å². The van der Waals surface area contributed by atoms with Crippen molar-refractivity contribution in [3.8, 4) is 29.5 Å². The lowest BCUT2D eigenvalue weighted by atomic mass is 10.1. The highest BCUT2D eigenvalue weighted by Crippen LogP contribution is 2.39. The van der Waals surface area contributed by atoms with Crippen LogP contribution in [0.15, 0.2) is 53.7 Å². The van der Waals surface area contributed by atoms with E-state index in [1.165, 1.54) is 18.9 Å². The first-order valence-electron chi connectivity index (χ1n) is 9.03. The third-order valence-electron chi connectivity index (χ3n) is 4.24. The van der Waals surface area contributed by atoms with Crippen LogP contribution in [0.4, 0.5) is 0 Å². The van der Waals surface area contributed by atoms with Gasteiger partial charge < -0.3 is 9.47 Å². The number of rotatable bonds is 9. The van der Waals surface area contributed by atoms with Crippen LogP contribution in [0.5, 0.6) is 11.5 Å². The first kappa shape index (κ1) is 21.2. The van der Waals surface area contributed by atoms with Crippen molar-refractivity contribution in [3.63, 3.8) is 0 Å². The Morgan fingerprint density at radius 1 is 1.23 bits per heavy atom. The SMILES string of the molecule is C#CCOc1ccc([C@@H](C[N+](=O)[O-])Sc2nnc(C)n2-c2ccccc2)cc1OC. The Morgan fingerprint density at radius 3 is 2.67 bits per heavy atom. The van der Waals surface area contributed by atoms with Crippen molar-refractivity contribution >= 4 is 11.8 Å². The van der Waals surface area contributed by atoms with E-state index in [9.17, 15) is 10.1 Å². The molecule has 0 aliphatic rings. The summed E-state index contributed by atoms with van der Waals surface area (Å²) >= 11 is 1.27. The average Bonchev–Trinajstić information content (AvgIpc) is 3.11. The molecule has 1 aromatic heterocycles. The Morgan fingerprint density at radius 2 is 2.00 bits per heavy atom. The van der Waals surface area contributed by atoms with Crippen molar-refractivity contribution in [2.24, 2.45) is 0 Å². The number of thioether (sulfide) groups is 1. The molecule has 3 aromatic rings. The summed E-state index contributed by atoms with van der Waals surface area (Å²) in [7, 11) is 1.51. The Kier molecular flexibility index (Phi) is 6.93. The van der Waals surface area contributed by atoms with Crippen molar-refractivity contribution < 1.29 is 14.4 Å². The van der Waals surface area contributed by atoms with Gasteiger partial charge in [-0.3, -0.25) is 14.7 Å². The van der Waals surface area contributed by atoms with Gasteiger partial charge in [0.05, 0.1) is 7.11 Å². The van der Waals surface area contributed by atoms with Gasteiger partial charge in [-0.05, 0) is 36.8 Å². The number of aryl methyl sites for hydroxylation is 1. The number of nitro groups is 1. The van der Waals surface area contributed by atoms with E-state index in [-0.39, 0.29) is 18.1 Å². The summed E-state index contributed by atoms with van der Waals surface area (Å²) in [6.45, 7) is 1.65. The molecule has 1 atom stereocenters. The molecule has 0 spiro atoms. The number of nitrogens with zero attached hydrogens (tertiary/aromatic N) is 4. The van der Waals surface area contributed by atoms with Gasteiger partial charge in [-0.15, -0.1) is 16.6 Å². The maximum Gasteiger partial charge on any atom is 0.220 e. The molecule has 2 aromatic carbocycles. The zero-order valence-corrected chi connectivity index (χ0v) is 17.3. The van der Waals surface area contributed by atoms with Gasteiger partial charge >= 0.3 is 0 Å². The first-order valence-corrected chi connectivity index (χ1v) is 9.91. The number of benzene rings is 2. The summed E-state index contributed by atoms with van der Waals surface area (Å²) in [6, 6.07) is 14.8. The fraction of sp³-hybridized carbons (Fsp3) is 0.238. The molecule has 0 aliphatic heterocycles. The summed E-state index contributed by atoms with van der Waals surface area (Å²) in [5.41, 5.74) is 1.60. The lowest BCUT2D eigenvalue weighted by Gasteiger charge is -2.16. The number of methoxy groups -OCH3 is 1. The second-order valence-electron chi connectivity index (χ2n) is 6.23. The molecule has 0 aliphatic carbocycles. The van der Waals surface area contributed by atoms with Gasteiger partial charge in [0.1, 0.15) is 17.7 Å². The summed E-state index contributed by atoms with van der Waals surface area (Å²) in [5, 5.41) is 19.8. The summed E-state index contributed by atoms with van der Waals surface area (Å²) < 4.78 is 12.7. The van der Waals surface area contributed by atoms with E-state index in [1.54, 1.807) is 18.2 Å². The largest absolute Gasteiger partial charge is 0.493 e. The van der Waals surface area contributed by atoms with Crippen LogP contribution in [0.2, 0.25) is 0 Å². The van der Waals surface area contributed by atoms with Gasteiger partial charge in [-0.25, -0.2) is 0 Å².